The Kier molecular flexibility index (Phi) is 12.9. The molecule has 0 saturated heterocycles. The van der Waals surface area contributed by atoms with Crippen LogP contribution in [-0.4, -0.2) is 18.4 Å². The van der Waals surface area contributed by atoms with Gasteiger partial charge < -0.3 is 0 Å². The summed E-state index contributed by atoms with van der Waals surface area (Å²) in [5.74, 6) is 0. The van der Waals surface area contributed by atoms with Gasteiger partial charge in [-0.05, 0) is 0 Å². The van der Waals surface area contributed by atoms with Crippen LogP contribution in [0.15, 0.2) is 12.2 Å². The average molecular weight is 359 g/mol. The summed E-state index contributed by atoms with van der Waals surface area (Å²) < 4.78 is 6.63. The van der Waals surface area contributed by atoms with E-state index in [1.165, 1.54) is 44.9 Å². The van der Waals surface area contributed by atoms with E-state index in [0.717, 1.165) is 0 Å². The molecule has 0 unspecified atom stereocenters. The van der Waals surface area contributed by atoms with Crippen LogP contribution in [-0.2, 0) is 0 Å². The number of hydrogen-bond acceptors (Lipinski definition) is 0. The summed E-state index contributed by atoms with van der Waals surface area (Å²) in [7, 11) is 0. The molecule has 1 heteroatoms. The SMILES string of the molecule is C/C=C/C[CH2][Sn]([CH2]CCC)([CH2]CCC)[CH2]CCC. The molecule has 0 amide bonds. The van der Waals surface area contributed by atoms with Crippen LogP contribution in [0.1, 0.15) is 72.6 Å². The second-order valence-electron chi connectivity index (χ2n) is 5.92. The van der Waals surface area contributed by atoms with Gasteiger partial charge in [0.1, 0.15) is 0 Å². The van der Waals surface area contributed by atoms with E-state index >= 15 is 0 Å². The number of rotatable bonds is 12. The van der Waals surface area contributed by atoms with Crippen molar-refractivity contribution in [2.24, 2.45) is 0 Å². The van der Waals surface area contributed by atoms with Gasteiger partial charge in [0.05, 0.1) is 0 Å². The van der Waals surface area contributed by atoms with E-state index in [1.54, 1.807) is 17.7 Å². The summed E-state index contributed by atoms with van der Waals surface area (Å²) in [6, 6.07) is 0. The van der Waals surface area contributed by atoms with Crippen molar-refractivity contribution in [2.75, 3.05) is 0 Å². The van der Waals surface area contributed by atoms with E-state index in [0.29, 0.717) is 0 Å². The Balaban J connectivity index is 4.50. The van der Waals surface area contributed by atoms with Crippen molar-refractivity contribution in [3.05, 3.63) is 12.2 Å². The minimum atomic E-state index is -1.77. The second-order valence-corrected chi connectivity index (χ2v) is 20.2. The van der Waals surface area contributed by atoms with Crippen molar-refractivity contribution in [3.63, 3.8) is 0 Å². The summed E-state index contributed by atoms with van der Waals surface area (Å²) >= 11 is -1.77. The Morgan fingerprint density at radius 2 is 1.17 bits per heavy atom. The molecule has 0 spiro atoms. The molecule has 0 heterocycles. The van der Waals surface area contributed by atoms with E-state index in [2.05, 4.69) is 39.8 Å². The molecule has 0 bridgehead atoms. The average Bonchev–Trinajstić information content (AvgIpc) is 2.40. The van der Waals surface area contributed by atoms with Gasteiger partial charge >= 0.3 is 121 Å². The van der Waals surface area contributed by atoms with E-state index < -0.39 is 18.4 Å². The van der Waals surface area contributed by atoms with Crippen LogP contribution in [0.25, 0.3) is 0 Å². The predicted molar refractivity (Wildman–Crippen MR) is 89.1 cm³/mol. The van der Waals surface area contributed by atoms with Crippen molar-refractivity contribution in [2.45, 2.75) is 90.4 Å². The minimum absolute atomic E-state index is 1.38. The summed E-state index contributed by atoms with van der Waals surface area (Å²) in [4.78, 5) is 0. The van der Waals surface area contributed by atoms with Gasteiger partial charge in [-0.1, -0.05) is 0 Å². The van der Waals surface area contributed by atoms with Gasteiger partial charge in [-0.3, -0.25) is 0 Å². The maximum absolute atomic E-state index is 2.41. The van der Waals surface area contributed by atoms with Gasteiger partial charge in [-0.25, -0.2) is 0 Å². The zero-order chi connectivity index (χ0) is 13.7. The van der Waals surface area contributed by atoms with Crippen molar-refractivity contribution in [1.29, 1.82) is 0 Å². The van der Waals surface area contributed by atoms with E-state index in [9.17, 15) is 0 Å². The Morgan fingerprint density at radius 1 is 0.722 bits per heavy atom. The molecule has 0 radical (unpaired) electrons. The molecule has 0 atom stereocenters. The van der Waals surface area contributed by atoms with Crippen molar-refractivity contribution in [3.8, 4) is 0 Å². The molecule has 0 aromatic carbocycles. The first-order valence-electron chi connectivity index (χ1n) is 8.35. The Bertz CT molecular complexity index is 174. The van der Waals surface area contributed by atoms with Crippen LogP contribution in [0.3, 0.4) is 0 Å². The number of allylic oxidation sites excluding steroid dienone is 2. The Labute approximate surface area is 121 Å². The van der Waals surface area contributed by atoms with Gasteiger partial charge in [0.15, 0.2) is 0 Å². The molecule has 0 aromatic rings. The molecule has 108 valence electrons. The fourth-order valence-electron chi connectivity index (χ4n) is 2.96. The summed E-state index contributed by atoms with van der Waals surface area (Å²) in [6.45, 7) is 9.26. The summed E-state index contributed by atoms with van der Waals surface area (Å²) in [6.07, 6.45) is 14.8. The van der Waals surface area contributed by atoms with Crippen molar-refractivity contribution < 1.29 is 0 Å². The Morgan fingerprint density at radius 3 is 1.50 bits per heavy atom. The van der Waals surface area contributed by atoms with Gasteiger partial charge in [0.25, 0.3) is 0 Å². The molecule has 0 aromatic heterocycles. The summed E-state index contributed by atoms with van der Waals surface area (Å²) in [5.41, 5.74) is 0. The third-order valence-corrected chi connectivity index (χ3v) is 20.2. The molecule has 18 heavy (non-hydrogen) atoms. The van der Waals surface area contributed by atoms with E-state index in [1.807, 2.05) is 0 Å². The first-order valence-corrected chi connectivity index (χ1v) is 16.4. The van der Waals surface area contributed by atoms with Crippen LogP contribution < -0.4 is 0 Å². The molecule has 0 fully saturated rings. The van der Waals surface area contributed by atoms with E-state index in [-0.39, 0.29) is 0 Å². The predicted octanol–water partition coefficient (Wildman–Crippen LogP) is 6.80. The van der Waals surface area contributed by atoms with Gasteiger partial charge in [-0.2, -0.15) is 0 Å². The van der Waals surface area contributed by atoms with Crippen molar-refractivity contribution >= 4 is 18.4 Å². The maximum atomic E-state index is 2.41. The molecule has 0 aliphatic heterocycles. The molecular formula is C17H36Sn. The zero-order valence-electron chi connectivity index (χ0n) is 13.4. The molecule has 0 rings (SSSR count). The Hall–Kier alpha value is 0.539. The van der Waals surface area contributed by atoms with Gasteiger partial charge in [0.2, 0.25) is 0 Å². The number of hydrogen-bond donors (Lipinski definition) is 0. The third kappa shape index (κ3) is 8.61. The first-order chi connectivity index (χ1) is 8.74. The van der Waals surface area contributed by atoms with Crippen LogP contribution in [0.4, 0.5) is 0 Å². The summed E-state index contributed by atoms with van der Waals surface area (Å²) in [5, 5.41) is 0. The normalized spacial score (nSPS) is 12.4. The quantitative estimate of drug-likeness (QED) is 0.265. The monoisotopic (exact) mass is 360 g/mol. The third-order valence-electron chi connectivity index (χ3n) is 4.26. The van der Waals surface area contributed by atoms with Gasteiger partial charge in [0, 0.05) is 0 Å². The van der Waals surface area contributed by atoms with Gasteiger partial charge in [-0.15, -0.1) is 0 Å². The zero-order valence-corrected chi connectivity index (χ0v) is 16.3. The fraction of sp³-hybridized carbons (Fsp3) is 0.882. The topological polar surface area (TPSA) is 0 Å². The van der Waals surface area contributed by atoms with Crippen LogP contribution >= 0.6 is 0 Å². The molecule has 0 nitrogen and oxygen atoms in total. The molecule has 0 saturated carbocycles. The van der Waals surface area contributed by atoms with Crippen LogP contribution in [0, 0.1) is 0 Å². The standard InChI is InChI=1S/C5H9.3C4H9.Sn/c1-3-5-4-2;3*1-3-4-2;/h4-5H,1,3H2,2H3;3*1,3-4H2,2H3;/b5-4+;;;;. The molecule has 0 N–H and O–H groups in total. The van der Waals surface area contributed by atoms with E-state index in [4.69, 9.17) is 0 Å². The first kappa shape index (κ1) is 18.5. The van der Waals surface area contributed by atoms with Crippen LogP contribution in [0.5, 0.6) is 0 Å². The second kappa shape index (κ2) is 12.6. The molecule has 0 aliphatic rings. The molecular weight excluding hydrogens is 323 g/mol. The fourth-order valence-corrected chi connectivity index (χ4v) is 18.9. The molecule has 0 aliphatic carbocycles. The number of unbranched alkanes of at least 4 members (excludes halogenated alkanes) is 3. The van der Waals surface area contributed by atoms with Crippen molar-refractivity contribution in [1.82, 2.24) is 0 Å². The van der Waals surface area contributed by atoms with Crippen LogP contribution in [0.2, 0.25) is 17.7 Å².